The number of hydrogen-bond donors (Lipinski definition) is 0. The summed E-state index contributed by atoms with van der Waals surface area (Å²) in [5.41, 5.74) is 1.18. The van der Waals surface area contributed by atoms with Gasteiger partial charge < -0.3 is 23.8 Å². The van der Waals surface area contributed by atoms with Crippen LogP contribution in [-0.4, -0.2) is 72.5 Å². The Morgan fingerprint density at radius 2 is 1.81 bits per heavy atom. The van der Waals surface area contributed by atoms with E-state index in [0.717, 1.165) is 63.0 Å². The van der Waals surface area contributed by atoms with Crippen molar-refractivity contribution in [3.8, 4) is 11.8 Å². The second kappa shape index (κ2) is 10.6. The molecule has 9 heteroatoms. The molecule has 0 spiro atoms. The minimum Gasteiger partial charge on any atom is -0.481 e. The van der Waals surface area contributed by atoms with E-state index in [1.54, 1.807) is 44.6 Å². The molecule has 166 valence electrons. The predicted molar refractivity (Wildman–Crippen MR) is 119 cm³/mol. The topological polar surface area (TPSA) is 69.2 Å². The van der Waals surface area contributed by atoms with E-state index < -0.39 is 0 Å². The number of methoxy groups -OCH3 is 2. The Kier molecular flexibility index (Phi) is 7.37. The Bertz CT molecular complexity index is 869. The second-order valence-corrected chi connectivity index (χ2v) is 8.31. The van der Waals surface area contributed by atoms with E-state index >= 15 is 0 Å². The van der Waals surface area contributed by atoms with Crippen LogP contribution in [0.15, 0.2) is 59.2 Å². The van der Waals surface area contributed by atoms with Gasteiger partial charge in [0.1, 0.15) is 6.26 Å². The molecular weight excluding hydrogens is 416 g/mol. The molecule has 1 saturated heterocycles. The number of piperazine rings is 1. The average Bonchev–Trinajstić information content (AvgIpc) is 2.85. The molecule has 8 nitrogen and oxygen atoms in total. The van der Waals surface area contributed by atoms with Gasteiger partial charge in [0, 0.05) is 38.5 Å². The highest BCUT2D eigenvalue weighted by molar-refractivity contribution is 7.99. The number of ether oxygens (including phenoxy) is 4. The summed E-state index contributed by atoms with van der Waals surface area (Å²) in [4.78, 5) is 13.4. The SMILES string of the molecule is COc1cc(OC)nc(SCCN2CCN(C3=COC(C4=CC=CCC4)=CO3)CC2)n1. The van der Waals surface area contributed by atoms with E-state index in [-0.39, 0.29) is 0 Å². The summed E-state index contributed by atoms with van der Waals surface area (Å²) in [7, 11) is 3.18. The summed E-state index contributed by atoms with van der Waals surface area (Å²) in [6, 6.07) is 1.68. The van der Waals surface area contributed by atoms with Gasteiger partial charge in [0.15, 0.2) is 17.2 Å². The van der Waals surface area contributed by atoms with Crippen LogP contribution >= 0.6 is 11.8 Å². The van der Waals surface area contributed by atoms with Crippen LogP contribution in [0.3, 0.4) is 0 Å². The highest BCUT2D eigenvalue weighted by Gasteiger charge is 2.22. The fraction of sp³-hybridized carbons (Fsp3) is 0.455. The predicted octanol–water partition coefficient (Wildman–Crippen LogP) is 3.17. The summed E-state index contributed by atoms with van der Waals surface area (Å²) in [5.74, 6) is 3.51. The average molecular weight is 445 g/mol. The van der Waals surface area contributed by atoms with Gasteiger partial charge in [-0.2, -0.15) is 9.97 Å². The molecule has 1 aromatic heterocycles. The molecule has 0 bridgehead atoms. The fourth-order valence-corrected chi connectivity index (χ4v) is 4.35. The molecule has 0 saturated carbocycles. The summed E-state index contributed by atoms with van der Waals surface area (Å²) in [5, 5.41) is 0.666. The summed E-state index contributed by atoms with van der Waals surface area (Å²) in [6.45, 7) is 4.70. The van der Waals surface area contributed by atoms with Crippen molar-refractivity contribution in [3.05, 3.63) is 54.0 Å². The van der Waals surface area contributed by atoms with Gasteiger partial charge in [-0.3, -0.25) is 4.90 Å². The molecule has 0 atom stereocenters. The quantitative estimate of drug-likeness (QED) is 0.444. The molecule has 0 aromatic carbocycles. The van der Waals surface area contributed by atoms with Crippen molar-refractivity contribution in [3.63, 3.8) is 0 Å². The van der Waals surface area contributed by atoms with Crippen LogP contribution < -0.4 is 9.47 Å². The van der Waals surface area contributed by atoms with Crippen molar-refractivity contribution in [2.75, 3.05) is 52.7 Å². The number of aromatic nitrogens is 2. The Hall–Kier alpha value is -2.65. The maximum Gasteiger partial charge on any atom is 0.231 e. The lowest BCUT2D eigenvalue weighted by Gasteiger charge is -2.36. The third-order valence-corrected chi connectivity index (χ3v) is 6.13. The molecule has 1 aromatic rings. The maximum atomic E-state index is 5.87. The molecule has 0 amide bonds. The first-order chi connectivity index (χ1) is 15.2. The van der Waals surface area contributed by atoms with Crippen molar-refractivity contribution < 1.29 is 18.9 Å². The van der Waals surface area contributed by atoms with Gasteiger partial charge >= 0.3 is 0 Å². The van der Waals surface area contributed by atoms with E-state index in [0.29, 0.717) is 16.9 Å². The third kappa shape index (κ3) is 5.74. The van der Waals surface area contributed by atoms with Crippen LogP contribution in [0.4, 0.5) is 0 Å². The molecular formula is C22H28N4O4S. The maximum absolute atomic E-state index is 5.87. The number of hydrogen-bond acceptors (Lipinski definition) is 9. The first kappa shape index (κ1) is 21.6. The van der Waals surface area contributed by atoms with E-state index in [1.807, 2.05) is 0 Å². The monoisotopic (exact) mass is 444 g/mol. The van der Waals surface area contributed by atoms with Crippen LogP contribution in [0.2, 0.25) is 0 Å². The van der Waals surface area contributed by atoms with Gasteiger partial charge in [-0.05, 0) is 18.4 Å². The Morgan fingerprint density at radius 1 is 1.03 bits per heavy atom. The first-order valence-electron chi connectivity index (χ1n) is 10.4. The highest BCUT2D eigenvalue weighted by atomic mass is 32.2. The third-order valence-electron chi connectivity index (χ3n) is 5.30. The molecule has 0 unspecified atom stereocenters. The number of nitrogens with zero attached hydrogens (tertiary/aromatic N) is 4. The highest BCUT2D eigenvalue weighted by Crippen LogP contribution is 2.26. The van der Waals surface area contributed by atoms with Crippen LogP contribution in [0.1, 0.15) is 12.8 Å². The number of allylic oxidation sites excluding steroid dienone is 4. The molecule has 1 fully saturated rings. The fourth-order valence-electron chi connectivity index (χ4n) is 3.51. The normalized spacial score (nSPS) is 19.0. The second-order valence-electron chi connectivity index (χ2n) is 7.25. The van der Waals surface area contributed by atoms with Gasteiger partial charge in [-0.1, -0.05) is 30.0 Å². The summed E-state index contributed by atoms with van der Waals surface area (Å²) < 4.78 is 22.1. The van der Waals surface area contributed by atoms with Gasteiger partial charge in [0.2, 0.25) is 17.6 Å². The van der Waals surface area contributed by atoms with Gasteiger partial charge in [-0.25, -0.2) is 0 Å². The minimum absolute atomic E-state index is 0.513. The molecule has 3 heterocycles. The van der Waals surface area contributed by atoms with E-state index in [1.165, 1.54) is 5.57 Å². The van der Waals surface area contributed by atoms with E-state index in [2.05, 4.69) is 38.0 Å². The Balaban J connectivity index is 1.20. The largest absolute Gasteiger partial charge is 0.481 e. The Labute approximate surface area is 187 Å². The van der Waals surface area contributed by atoms with Gasteiger partial charge in [0.05, 0.1) is 20.3 Å². The zero-order valence-electron chi connectivity index (χ0n) is 18.0. The number of rotatable bonds is 8. The zero-order valence-corrected chi connectivity index (χ0v) is 18.8. The summed E-state index contributed by atoms with van der Waals surface area (Å²) in [6.07, 6.45) is 11.8. The van der Waals surface area contributed by atoms with Crippen molar-refractivity contribution in [1.29, 1.82) is 0 Å². The molecule has 2 aliphatic heterocycles. The lowest BCUT2D eigenvalue weighted by molar-refractivity contribution is 0.0872. The van der Waals surface area contributed by atoms with E-state index in [9.17, 15) is 0 Å². The molecule has 31 heavy (non-hydrogen) atoms. The van der Waals surface area contributed by atoms with E-state index in [4.69, 9.17) is 18.9 Å². The van der Waals surface area contributed by atoms with Crippen molar-refractivity contribution in [2.45, 2.75) is 18.0 Å². The minimum atomic E-state index is 0.513. The molecule has 4 rings (SSSR count). The van der Waals surface area contributed by atoms with Gasteiger partial charge in [-0.15, -0.1) is 0 Å². The van der Waals surface area contributed by atoms with Crippen LogP contribution in [0.5, 0.6) is 11.8 Å². The lowest BCUT2D eigenvalue weighted by Crippen LogP contribution is -2.46. The molecule has 0 radical (unpaired) electrons. The summed E-state index contributed by atoms with van der Waals surface area (Å²) >= 11 is 1.60. The van der Waals surface area contributed by atoms with Gasteiger partial charge in [0.25, 0.3) is 0 Å². The molecule has 0 N–H and O–H groups in total. The van der Waals surface area contributed by atoms with Crippen LogP contribution in [0.25, 0.3) is 0 Å². The zero-order chi connectivity index (χ0) is 21.5. The van der Waals surface area contributed by atoms with Crippen molar-refractivity contribution >= 4 is 11.8 Å². The number of thioether (sulfide) groups is 1. The van der Waals surface area contributed by atoms with Crippen molar-refractivity contribution in [1.82, 2.24) is 19.8 Å². The van der Waals surface area contributed by atoms with Crippen LogP contribution in [0, 0.1) is 0 Å². The lowest BCUT2D eigenvalue weighted by atomic mass is 10.0. The Morgan fingerprint density at radius 3 is 2.42 bits per heavy atom. The van der Waals surface area contributed by atoms with Crippen LogP contribution in [-0.2, 0) is 9.47 Å². The van der Waals surface area contributed by atoms with Crippen molar-refractivity contribution in [2.24, 2.45) is 0 Å². The molecule has 3 aliphatic rings. The first-order valence-corrected chi connectivity index (χ1v) is 11.4. The smallest absolute Gasteiger partial charge is 0.231 e. The molecule has 1 aliphatic carbocycles. The standard InChI is InChI=1S/C22H28N4O4S/c1-27-19-14-20(28-2)24-22(23-19)31-13-12-25-8-10-26(11-9-25)21-16-29-18(15-30-21)17-6-4-3-5-7-17/h3-4,6,14-16H,5,7-13H2,1-2H3.